The summed E-state index contributed by atoms with van der Waals surface area (Å²) in [5, 5.41) is 6.06. The van der Waals surface area contributed by atoms with Gasteiger partial charge in [0.2, 0.25) is 5.91 Å². The van der Waals surface area contributed by atoms with Crippen LogP contribution in [0.2, 0.25) is 0 Å². The molecule has 1 amide bonds. The van der Waals surface area contributed by atoms with Gasteiger partial charge in [-0.25, -0.2) is 4.98 Å². The SMILES string of the molecule is COc1ccc(-c2csc(CCNC(=O)Cc3ccc4c(c3)C[C@@H](C)O4)n2)cc1. The lowest BCUT2D eigenvalue weighted by atomic mass is 10.0. The highest BCUT2D eigenvalue weighted by atomic mass is 32.1. The zero-order valence-electron chi connectivity index (χ0n) is 16.6. The lowest BCUT2D eigenvalue weighted by molar-refractivity contribution is -0.120. The predicted octanol–water partition coefficient (Wildman–Crippen LogP) is 4.04. The van der Waals surface area contributed by atoms with Crippen molar-refractivity contribution in [3.05, 3.63) is 64.0 Å². The number of methoxy groups -OCH3 is 1. The first-order valence-electron chi connectivity index (χ1n) is 9.74. The number of hydrogen-bond acceptors (Lipinski definition) is 5. The molecule has 1 aromatic heterocycles. The number of ether oxygens (including phenoxy) is 2. The summed E-state index contributed by atoms with van der Waals surface area (Å²) in [6.07, 6.45) is 2.24. The molecule has 150 valence electrons. The van der Waals surface area contributed by atoms with Gasteiger partial charge in [-0.05, 0) is 48.4 Å². The first-order valence-corrected chi connectivity index (χ1v) is 10.6. The third-order valence-corrected chi connectivity index (χ3v) is 5.83. The van der Waals surface area contributed by atoms with Gasteiger partial charge in [0.25, 0.3) is 0 Å². The molecule has 29 heavy (non-hydrogen) atoms. The first kappa shape index (κ1) is 19.5. The Kier molecular flexibility index (Phi) is 5.81. The van der Waals surface area contributed by atoms with Crippen LogP contribution in [0.5, 0.6) is 11.5 Å². The van der Waals surface area contributed by atoms with Gasteiger partial charge in [-0.2, -0.15) is 0 Å². The second-order valence-electron chi connectivity index (χ2n) is 7.21. The van der Waals surface area contributed by atoms with Crippen LogP contribution >= 0.6 is 11.3 Å². The zero-order valence-corrected chi connectivity index (χ0v) is 17.4. The maximum atomic E-state index is 12.3. The number of carbonyl (C=O) groups is 1. The van der Waals surface area contributed by atoms with Crippen LogP contribution in [0.3, 0.4) is 0 Å². The van der Waals surface area contributed by atoms with Crippen molar-refractivity contribution in [2.24, 2.45) is 0 Å². The Bertz CT molecular complexity index is 998. The second-order valence-corrected chi connectivity index (χ2v) is 8.15. The topological polar surface area (TPSA) is 60.5 Å². The number of fused-ring (bicyclic) bond motifs is 1. The maximum Gasteiger partial charge on any atom is 0.224 e. The van der Waals surface area contributed by atoms with E-state index < -0.39 is 0 Å². The molecule has 0 unspecified atom stereocenters. The van der Waals surface area contributed by atoms with Gasteiger partial charge >= 0.3 is 0 Å². The molecule has 0 spiro atoms. The summed E-state index contributed by atoms with van der Waals surface area (Å²) in [7, 11) is 1.66. The number of nitrogens with zero attached hydrogens (tertiary/aromatic N) is 1. The molecule has 0 saturated heterocycles. The van der Waals surface area contributed by atoms with Crippen LogP contribution in [-0.4, -0.2) is 30.6 Å². The molecule has 1 aliphatic rings. The minimum Gasteiger partial charge on any atom is -0.497 e. The number of hydrogen-bond donors (Lipinski definition) is 1. The smallest absolute Gasteiger partial charge is 0.224 e. The van der Waals surface area contributed by atoms with Crippen molar-refractivity contribution in [3.63, 3.8) is 0 Å². The fraction of sp³-hybridized carbons (Fsp3) is 0.304. The molecule has 1 aliphatic heterocycles. The molecule has 2 aromatic carbocycles. The summed E-state index contributed by atoms with van der Waals surface area (Å²) in [5.74, 6) is 1.80. The molecular weight excluding hydrogens is 384 g/mol. The van der Waals surface area contributed by atoms with E-state index >= 15 is 0 Å². The second kappa shape index (κ2) is 8.66. The highest BCUT2D eigenvalue weighted by Gasteiger charge is 2.19. The standard InChI is InChI=1S/C23H24N2O3S/c1-15-11-18-12-16(3-8-21(18)28-15)13-22(26)24-10-9-23-25-20(14-29-23)17-4-6-19(27-2)7-5-17/h3-8,12,14-15H,9-11,13H2,1-2H3,(H,24,26)/t15-/m1/s1. The molecule has 0 bridgehead atoms. The van der Waals surface area contributed by atoms with E-state index in [-0.39, 0.29) is 12.0 Å². The third-order valence-electron chi connectivity index (χ3n) is 4.92. The fourth-order valence-corrected chi connectivity index (χ4v) is 4.27. The van der Waals surface area contributed by atoms with E-state index in [4.69, 9.17) is 9.47 Å². The lowest BCUT2D eigenvalue weighted by Gasteiger charge is -2.06. The summed E-state index contributed by atoms with van der Waals surface area (Å²) in [6, 6.07) is 13.9. The third kappa shape index (κ3) is 4.77. The first-order chi connectivity index (χ1) is 14.1. The summed E-state index contributed by atoms with van der Waals surface area (Å²) in [4.78, 5) is 17.0. The van der Waals surface area contributed by atoms with Crippen molar-refractivity contribution >= 4 is 17.2 Å². The van der Waals surface area contributed by atoms with E-state index in [1.54, 1.807) is 18.4 Å². The average molecular weight is 409 g/mol. The largest absolute Gasteiger partial charge is 0.497 e. The van der Waals surface area contributed by atoms with E-state index in [0.717, 1.165) is 46.2 Å². The van der Waals surface area contributed by atoms with Gasteiger partial charge in [-0.15, -0.1) is 11.3 Å². The zero-order chi connectivity index (χ0) is 20.2. The van der Waals surface area contributed by atoms with Gasteiger partial charge in [0.05, 0.1) is 24.2 Å². The van der Waals surface area contributed by atoms with Crippen LogP contribution in [0, 0.1) is 0 Å². The molecule has 1 atom stereocenters. The number of aromatic nitrogens is 1. The monoisotopic (exact) mass is 408 g/mol. The molecule has 0 aliphatic carbocycles. The van der Waals surface area contributed by atoms with E-state index in [2.05, 4.69) is 23.3 Å². The van der Waals surface area contributed by atoms with Gasteiger partial charge in [-0.1, -0.05) is 12.1 Å². The fourth-order valence-electron chi connectivity index (χ4n) is 3.46. The van der Waals surface area contributed by atoms with Crippen molar-refractivity contribution in [3.8, 4) is 22.8 Å². The Balaban J connectivity index is 1.26. The quantitative estimate of drug-likeness (QED) is 0.641. The van der Waals surface area contributed by atoms with Crippen LogP contribution in [0.25, 0.3) is 11.3 Å². The Morgan fingerprint density at radius 3 is 2.90 bits per heavy atom. The Morgan fingerprint density at radius 2 is 2.10 bits per heavy atom. The molecule has 5 nitrogen and oxygen atoms in total. The molecule has 4 rings (SSSR count). The minimum absolute atomic E-state index is 0.0313. The number of thiazole rings is 1. The van der Waals surface area contributed by atoms with Crippen LogP contribution in [0.15, 0.2) is 47.8 Å². The number of nitrogens with one attached hydrogen (secondary N) is 1. The number of carbonyl (C=O) groups excluding carboxylic acids is 1. The molecule has 3 aromatic rings. The summed E-state index contributed by atoms with van der Waals surface area (Å²) >= 11 is 1.62. The van der Waals surface area contributed by atoms with Crippen molar-refractivity contribution in [1.82, 2.24) is 10.3 Å². The minimum atomic E-state index is 0.0313. The molecule has 0 radical (unpaired) electrons. The van der Waals surface area contributed by atoms with Crippen molar-refractivity contribution < 1.29 is 14.3 Å². The molecule has 0 saturated carbocycles. The Labute approximate surface area is 174 Å². The van der Waals surface area contributed by atoms with E-state index in [9.17, 15) is 4.79 Å². The van der Waals surface area contributed by atoms with Gasteiger partial charge in [0.15, 0.2) is 0 Å². The highest BCUT2D eigenvalue weighted by Crippen LogP contribution is 2.29. The van der Waals surface area contributed by atoms with E-state index in [0.29, 0.717) is 13.0 Å². The number of rotatable bonds is 7. The van der Waals surface area contributed by atoms with E-state index in [1.165, 1.54) is 5.56 Å². The van der Waals surface area contributed by atoms with Crippen LogP contribution in [-0.2, 0) is 24.1 Å². The summed E-state index contributed by atoms with van der Waals surface area (Å²) in [5.41, 5.74) is 4.23. The lowest BCUT2D eigenvalue weighted by Crippen LogP contribution is -2.27. The molecule has 2 heterocycles. The Morgan fingerprint density at radius 1 is 1.28 bits per heavy atom. The molecular formula is C23H24N2O3S. The normalized spacial score (nSPS) is 14.9. The van der Waals surface area contributed by atoms with Gasteiger partial charge in [0, 0.05) is 30.3 Å². The van der Waals surface area contributed by atoms with Gasteiger partial charge < -0.3 is 14.8 Å². The Hall–Kier alpha value is -2.86. The van der Waals surface area contributed by atoms with Crippen LogP contribution in [0.4, 0.5) is 0 Å². The number of benzene rings is 2. The van der Waals surface area contributed by atoms with Crippen LogP contribution < -0.4 is 14.8 Å². The van der Waals surface area contributed by atoms with Crippen LogP contribution in [0.1, 0.15) is 23.1 Å². The predicted molar refractivity (Wildman–Crippen MR) is 115 cm³/mol. The average Bonchev–Trinajstić information content (AvgIpc) is 3.33. The molecule has 1 N–H and O–H groups in total. The highest BCUT2D eigenvalue weighted by molar-refractivity contribution is 7.09. The van der Waals surface area contributed by atoms with E-state index in [1.807, 2.05) is 41.8 Å². The van der Waals surface area contributed by atoms with Gasteiger partial charge in [0.1, 0.15) is 17.6 Å². The molecule has 6 heteroatoms. The summed E-state index contributed by atoms with van der Waals surface area (Å²) < 4.78 is 10.9. The number of amides is 1. The summed E-state index contributed by atoms with van der Waals surface area (Å²) in [6.45, 7) is 2.64. The van der Waals surface area contributed by atoms with Crippen molar-refractivity contribution in [1.29, 1.82) is 0 Å². The molecule has 0 fully saturated rings. The van der Waals surface area contributed by atoms with Crippen molar-refractivity contribution in [2.75, 3.05) is 13.7 Å². The maximum absolute atomic E-state index is 12.3. The van der Waals surface area contributed by atoms with Crippen molar-refractivity contribution in [2.45, 2.75) is 32.3 Å². The van der Waals surface area contributed by atoms with Gasteiger partial charge in [-0.3, -0.25) is 4.79 Å².